The Morgan fingerprint density at radius 2 is 1.88 bits per heavy atom. The summed E-state index contributed by atoms with van der Waals surface area (Å²) in [5, 5.41) is 16.4. The number of hydrogen-bond acceptors (Lipinski definition) is 4. The van der Waals surface area contributed by atoms with Crippen LogP contribution in [0.4, 0.5) is 0 Å². The Balaban J connectivity index is 2.64. The third kappa shape index (κ3) is 2.08. The van der Waals surface area contributed by atoms with E-state index in [1.165, 1.54) is 19.5 Å². The summed E-state index contributed by atoms with van der Waals surface area (Å²) >= 11 is 0. The van der Waals surface area contributed by atoms with Gasteiger partial charge in [0.1, 0.15) is 5.75 Å². The van der Waals surface area contributed by atoms with Crippen LogP contribution < -0.4 is 4.74 Å². The van der Waals surface area contributed by atoms with E-state index in [1.54, 1.807) is 12.1 Å². The molecule has 0 spiro atoms. The molecule has 0 amide bonds. The standard InChI is InChI=1S/C12H10N2O3/c1-17-11-5-3-2-4-8(11)9-6-13-14-7-10(9)12(15)16/h2-7H,1H3,(H,15,16). The van der Waals surface area contributed by atoms with Crippen molar-refractivity contribution in [2.24, 2.45) is 0 Å². The molecule has 0 aliphatic carbocycles. The van der Waals surface area contributed by atoms with E-state index in [2.05, 4.69) is 10.2 Å². The van der Waals surface area contributed by atoms with Crippen molar-refractivity contribution in [1.29, 1.82) is 0 Å². The topological polar surface area (TPSA) is 72.3 Å². The maximum Gasteiger partial charge on any atom is 0.338 e. The molecule has 2 aromatic rings. The number of carboxylic acids is 1. The fraction of sp³-hybridized carbons (Fsp3) is 0.0833. The van der Waals surface area contributed by atoms with Crippen LogP contribution in [0.25, 0.3) is 11.1 Å². The number of hydrogen-bond donors (Lipinski definition) is 1. The molecule has 1 aromatic heterocycles. The fourth-order valence-corrected chi connectivity index (χ4v) is 1.57. The number of ether oxygens (including phenoxy) is 1. The van der Waals surface area contributed by atoms with Crippen molar-refractivity contribution < 1.29 is 14.6 Å². The van der Waals surface area contributed by atoms with Crippen LogP contribution in [0.15, 0.2) is 36.7 Å². The minimum Gasteiger partial charge on any atom is -0.496 e. The van der Waals surface area contributed by atoms with E-state index in [9.17, 15) is 4.79 Å². The van der Waals surface area contributed by atoms with Gasteiger partial charge in [0.05, 0.1) is 25.1 Å². The Morgan fingerprint density at radius 1 is 1.18 bits per heavy atom. The van der Waals surface area contributed by atoms with Gasteiger partial charge in [-0.05, 0) is 6.07 Å². The van der Waals surface area contributed by atoms with E-state index in [-0.39, 0.29) is 5.56 Å². The SMILES string of the molecule is COc1ccccc1-c1cnncc1C(=O)O. The van der Waals surface area contributed by atoms with Crippen molar-refractivity contribution in [3.05, 3.63) is 42.2 Å². The molecule has 0 aliphatic heterocycles. The van der Waals surface area contributed by atoms with Crippen LogP contribution in [0.3, 0.4) is 0 Å². The molecule has 0 fully saturated rings. The number of rotatable bonds is 3. The molecule has 0 radical (unpaired) electrons. The number of benzene rings is 1. The molecule has 1 heterocycles. The number of methoxy groups -OCH3 is 1. The van der Waals surface area contributed by atoms with Gasteiger partial charge < -0.3 is 9.84 Å². The molecular formula is C12H10N2O3. The summed E-state index contributed by atoms with van der Waals surface area (Å²) in [6, 6.07) is 7.17. The normalized spacial score (nSPS) is 9.94. The first-order chi connectivity index (χ1) is 8.24. The molecule has 0 saturated heterocycles. The largest absolute Gasteiger partial charge is 0.496 e. The molecule has 1 aromatic carbocycles. The number of carbonyl (C=O) groups is 1. The first-order valence-corrected chi connectivity index (χ1v) is 4.91. The second kappa shape index (κ2) is 4.61. The predicted molar refractivity (Wildman–Crippen MR) is 61.0 cm³/mol. The highest BCUT2D eigenvalue weighted by molar-refractivity contribution is 5.96. The quantitative estimate of drug-likeness (QED) is 0.871. The maximum atomic E-state index is 11.1. The molecule has 5 nitrogen and oxygen atoms in total. The summed E-state index contributed by atoms with van der Waals surface area (Å²) in [5.74, 6) is -0.441. The van der Waals surface area contributed by atoms with Crippen LogP contribution in [-0.4, -0.2) is 28.4 Å². The number of nitrogens with zero attached hydrogens (tertiary/aromatic N) is 2. The summed E-state index contributed by atoms with van der Waals surface area (Å²) < 4.78 is 5.19. The molecule has 2 rings (SSSR count). The van der Waals surface area contributed by atoms with Gasteiger partial charge in [0.2, 0.25) is 0 Å². The monoisotopic (exact) mass is 230 g/mol. The summed E-state index contributed by atoms with van der Waals surface area (Å²) in [4.78, 5) is 11.1. The lowest BCUT2D eigenvalue weighted by Gasteiger charge is -2.09. The number of aromatic carboxylic acids is 1. The Bertz CT molecular complexity index is 555. The summed E-state index contributed by atoms with van der Waals surface area (Å²) in [6.45, 7) is 0. The Hall–Kier alpha value is -2.43. The fourth-order valence-electron chi connectivity index (χ4n) is 1.57. The molecule has 0 aliphatic rings. The number of para-hydroxylation sites is 1. The average Bonchev–Trinajstić information content (AvgIpc) is 2.38. The maximum absolute atomic E-state index is 11.1. The molecule has 17 heavy (non-hydrogen) atoms. The summed E-state index contributed by atoms with van der Waals surface area (Å²) in [5.41, 5.74) is 1.27. The first kappa shape index (κ1) is 11.1. The van der Waals surface area contributed by atoms with E-state index >= 15 is 0 Å². The van der Waals surface area contributed by atoms with Gasteiger partial charge in [-0.25, -0.2) is 4.79 Å². The highest BCUT2D eigenvalue weighted by Gasteiger charge is 2.15. The van der Waals surface area contributed by atoms with Crippen molar-refractivity contribution in [3.8, 4) is 16.9 Å². The number of aromatic nitrogens is 2. The Morgan fingerprint density at radius 3 is 2.59 bits per heavy atom. The highest BCUT2D eigenvalue weighted by Crippen LogP contribution is 2.30. The van der Waals surface area contributed by atoms with Crippen molar-refractivity contribution in [3.63, 3.8) is 0 Å². The van der Waals surface area contributed by atoms with Crippen LogP contribution in [0.2, 0.25) is 0 Å². The second-order valence-corrected chi connectivity index (χ2v) is 3.32. The smallest absolute Gasteiger partial charge is 0.338 e. The van der Waals surface area contributed by atoms with Crippen LogP contribution in [0.1, 0.15) is 10.4 Å². The second-order valence-electron chi connectivity index (χ2n) is 3.32. The van der Waals surface area contributed by atoms with Gasteiger partial charge in [0.25, 0.3) is 0 Å². The zero-order chi connectivity index (χ0) is 12.3. The highest BCUT2D eigenvalue weighted by atomic mass is 16.5. The molecular weight excluding hydrogens is 220 g/mol. The van der Waals surface area contributed by atoms with Crippen molar-refractivity contribution in [1.82, 2.24) is 10.2 Å². The zero-order valence-corrected chi connectivity index (χ0v) is 9.12. The van der Waals surface area contributed by atoms with Crippen molar-refractivity contribution >= 4 is 5.97 Å². The van der Waals surface area contributed by atoms with Gasteiger partial charge >= 0.3 is 5.97 Å². The van der Waals surface area contributed by atoms with Crippen molar-refractivity contribution in [2.45, 2.75) is 0 Å². The Labute approximate surface area is 97.7 Å². The van der Waals surface area contributed by atoms with Gasteiger partial charge in [-0.3, -0.25) is 0 Å². The lowest BCUT2D eigenvalue weighted by molar-refractivity contribution is 0.0697. The van der Waals surface area contributed by atoms with Gasteiger partial charge in [-0.2, -0.15) is 10.2 Å². The molecule has 0 atom stereocenters. The minimum atomic E-state index is -1.04. The minimum absolute atomic E-state index is 0.101. The van der Waals surface area contributed by atoms with Crippen molar-refractivity contribution in [2.75, 3.05) is 7.11 Å². The third-order valence-corrected chi connectivity index (χ3v) is 2.36. The van der Waals surface area contributed by atoms with Gasteiger partial charge in [0, 0.05) is 11.1 Å². The first-order valence-electron chi connectivity index (χ1n) is 4.91. The van der Waals surface area contributed by atoms with Gasteiger partial charge in [-0.15, -0.1) is 0 Å². The Kier molecular flexibility index (Phi) is 3.00. The van der Waals surface area contributed by atoms with Gasteiger partial charge in [-0.1, -0.05) is 18.2 Å². The van der Waals surface area contributed by atoms with E-state index < -0.39 is 5.97 Å². The molecule has 0 unspecified atom stereocenters. The summed E-state index contributed by atoms with van der Waals surface area (Å²) in [7, 11) is 1.54. The summed E-state index contributed by atoms with van der Waals surface area (Å²) in [6.07, 6.45) is 2.64. The molecule has 0 saturated carbocycles. The van der Waals surface area contributed by atoms with E-state index in [4.69, 9.17) is 9.84 Å². The van der Waals surface area contributed by atoms with Crippen LogP contribution in [-0.2, 0) is 0 Å². The third-order valence-electron chi connectivity index (χ3n) is 2.36. The lowest BCUT2D eigenvalue weighted by atomic mass is 10.0. The van der Waals surface area contributed by atoms with Crippen LogP contribution in [0, 0.1) is 0 Å². The lowest BCUT2D eigenvalue weighted by Crippen LogP contribution is -2.02. The van der Waals surface area contributed by atoms with E-state index in [0.29, 0.717) is 16.9 Å². The average molecular weight is 230 g/mol. The molecule has 1 N–H and O–H groups in total. The van der Waals surface area contributed by atoms with E-state index in [1.807, 2.05) is 12.1 Å². The molecule has 86 valence electrons. The molecule has 5 heteroatoms. The van der Waals surface area contributed by atoms with E-state index in [0.717, 1.165) is 0 Å². The number of carboxylic acid groups (broad SMARTS) is 1. The van der Waals surface area contributed by atoms with Crippen LogP contribution >= 0.6 is 0 Å². The van der Waals surface area contributed by atoms with Gasteiger partial charge in [0.15, 0.2) is 0 Å². The predicted octanol–water partition coefficient (Wildman–Crippen LogP) is 1.85. The zero-order valence-electron chi connectivity index (χ0n) is 9.12. The molecule has 0 bridgehead atoms. The van der Waals surface area contributed by atoms with Crippen LogP contribution in [0.5, 0.6) is 5.75 Å².